The molecule has 0 saturated heterocycles. The molecule has 114 valence electrons. The summed E-state index contributed by atoms with van der Waals surface area (Å²) in [5.74, 6) is 0.943. The van der Waals surface area contributed by atoms with Crippen LogP contribution < -0.4 is 10.0 Å². The number of sulfonamides is 1. The van der Waals surface area contributed by atoms with Gasteiger partial charge in [-0.15, -0.1) is 0 Å². The van der Waals surface area contributed by atoms with Crippen molar-refractivity contribution in [2.45, 2.75) is 25.3 Å². The third-order valence-electron chi connectivity index (χ3n) is 2.84. The van der Waals surface area contributed by atoms with Crippen molar-refractivity contribution in [1.82, 2.24) is 5.32 Å². The molecule has 1 aromatic carbocycles. The minimum absolute atomic E-state index is 0.135. The molecule has 21 heavy (non-hydrogen) atoms. The van der Waals surface area contributed by atoms with Crippen LogP contribution in [0.25, 0.3) is 0 Å². The van der Waals surface area contributed by atoms with E-state index in [0.717, 1.165) is 6.54 Å². The molecule has 0 saturated carbocycles. The number of furan rings is 1. The minimum Gasteiger partial charge on any atom is -0.464 e. The van der Waals surface area contributed by atoms with Crippen LogP contribution in [-0.4, -0.2) is 15.0 Å². The second-order valence-corrected chi connectivity index (χ2v) is 6.62. The van der Waals surface area contributed by atoms with E-state index in [4.69, 9.17) is 16.0 Å². The third-order valence-corrected chi connectivity index (χ3v) is 4.56. The molecule has 0 aliphatic heterocycles. The monoisotopic (exact) mass is 328 g/mol. The zero-order valence-corrected chi connectivity index (χ0v) is 13.4. The Morgan fingerprint density at radius 2 is 2.05 bits per heavy atom. The van der Waals surface area contributed by atoms with E-state index in [-0.39, 0.29) is 4.90 Å². The summed E-state index contributed by atoms with van der Waals surface area (Å²) in [6, 6.07) is 8.08. The molecular formula is C14H17ClN2O3S. The summed E-state index contributed by atoms with van der Waals surface area (Å²) >= 11 is 5.85. The summed E-state index contributed by atoms with van der Waals surface area (Å²) in [4.78, 5) is 0.135. The summed E-state index contributed by atoms with van der Waals surface area (Å²) in [7, 11) is -3.70. The largest absolute Gasteiger partial charge is 0.464 e. The van der Waals surface area contributed by atoms with Crippen LogP contribution in [-0.2, 0) is 16.6 Å². The van der Waals surface area contributed by atoms with Crippen molar-refractivity contribution >= 4 is 27.3 Å². The number of anilines is 1. The molecule has 0 aliphatic rings. The SMILES string of the molecule is CCNCc1cc(S(=O)(=O)Nc2cccc(Cl)c2)c(C)o1. The molecule has 1 heterocycles. The maximum atomic E-state index is 12.4. The van der Waals surface area contributed by atoms with Crippen LogP contribution in [0.2, 0.25) is 5.02 Å². The Balaban J connectivity index is 2.25. The lowest BCUT2D eigenvalue weighted by molar-refractivity contribution is 0.460. The van der Waals surface area contributed by atoms with Crippen molar-refractivity contribution in [3.8, 4) is 0 Å². The van der Waals surface area contributed by atoms with Gasteiger partial charge in [-0.05, 0) is 31.7 Å². The first-order chi connectivity index (χ1) is 9.92. The Labute approximate surface area is 129 Å². The third kappa shape index (κ3) is 4.00. The van der Waals surface area contributed by atoms with Crippen LogP contribution in [0.15, 0.2) is 39.6 Å². The molecular weight excluding hydrogens is 312 g/mol. The number of halogens is 1. The van der Waals surface area contributed by atoms with E-state index in [0.29, 0.717) is 28.8 Å². The molecule has 2 N–H and O–H groups in total. The molecule has 2 aromatic rings. The van der Waals surface area contributed by atoms with Gasteiger partial charge in [-0.3, -0.25) is 4.72 Å². The lowest BCUT2D eigenvalue weighted by Crippen LogP contribution is -2.13. The number of hydrogen-bond donors (Lipinski definition) is 2. The van der Waals surface area contributed by atoms with E-state index in [2.05, 4.69) is 10.0 Å². The lowest BCUT2D eigenvalue weighted by atomic mass is 10.3. The fourth-order valence-electron chi connectivity index (χ4n) is 1.89. The Morgan fingerprint density at radius 3 is 2.71 bits per heavy atom. The topological polar surface area (TPSA) is 71.3 Å². The highest BCUT2D eigenvalue weighted by Gasteiger charge is 2.21. The first-order valence-corrected chi connectivity index (χ1v) is 8.37. The van der Waals surface area contributed by atoms with Crippen LogP contribution in [0.3, 0.4) is 0 Å². The smallest absolute Gasteiger partial charge is 0.265 e. The Morgan fingerprint density at radius 1 is 1.29 bits per heavy atom. The van der Waals surface area contributed by atoms with Gasteiger partial charge in [0, 0.05) is 11.1 Å². The van der Waals surface area contributed by atoms with E-state index in [1.807, 2.05) is 6.92 Å². The van der Waals surface area contributed by atoms with E-state index in [9.17, 15) is 8.42 Å². The average Bonchev–Trinajstić information content (AvgIpc) is 2.78. The molecule has 0 atom stereocenters. The predicted molar refractivity (Wildman–Crippen MR) is 83.1 cm³/mol. The molecule has 1 aromatic heterocycles. The Hall–Kier alpha value is -1.50. The molecule has 0 radical (unpaired) electrons. The van der Waals surface area contributed by atoms with Gasteiger partial charge in [0.1, 0.15) is 16.4 Å². The van der Waals surface area contributed by atoms with Crippen molar-refractivity contribution in [3.05, 3.63) is 46.9 Å². The summed E-state index contributed by atoms with van der Waals surface area (Å²) in [5.41, 5.74) is 0.413. The highest BCUT2D eigenvalue weighted by atomic mass is 35.5. The van der Waals surface area contributed by atoms with Crippen molar-refractivity contribution in [2.24, 2.45) is 0 Å². The summed E-state index contributed by atoms with van der Waals surface area (Å²) in [5, 5.41) is 3.55. The second kappa shape index (κ2) is 6.51. The fourth-order valence-corrected chi connectivity index (χ4v) is 3.33. The number of aryl methyl sites for hydroxylation is 1. The molecule has 0 amide bonds. The Bertz CT molecular complexity index is 726. The number of nitrogens with one attached hydrogen (secondary N) is 2. The van der Waals surface area contributed by atoms with Gasteiger partial charge in [0.15, 0.2) is 0 Å². The average molecular weight is 329 g/mol. The second-order valence-electron chi connectivity index (χ2n) is 4.53. The van der Waals surface area contributed by atoms with Gasteiger partial charge in [0.05, 0.1) is 12.2 Å². The normalized spacial score (nSPS) is 11.6. The van der Waals surface area contributed by atoms with E-state index in [1.54, 1.807) is 31.2 Å². The molecule has 2 rings (SSSR count). The fraction of sp³-hybridized carbons (Fsp3) is 0.286. The first-order valence-electron chi connectivity index (χ1n) is 6.51. The molecule has 7 heteroatoms. The maximum absolute atomic E-state index is 12.4. The highest BCUT2D eigenvalue weighted by molar-refractivity contribution is 7.92. The van der Waals surface area contributed by atoms with Crippen LogP contribution in [0.4, 0.5) is 5.69 Å². The van der Waals surface area contributed by atoms with Gasteiger partial charge in [-0.2, -0.15) is 0 Å². The molecule has 0 aliphatic carbocycles. The van der Waals surface area contributed by atoms with Gasteiger partial charge >= 0.3 is 0 Å². The minimum atomic E-state index is -3.70. The van der Waals surface area contributed by atoms with Crippen LogP contribution >= 0.6 is 11.6 Å². The zero-order chi connectivity index (χ0) is 15.5. The molecule has 0 spiro atoms. The van der Waals surface area contributed by atoms with Gasteiger partial charge < -0.3 is 9.73 Å². The first kappa shape index (κ1) is 15.9. The molecule has 0 bridgehead atoms. The zero-order valence-electron chi connectivity index (χ0n) is 11.8. The number of hydrogen-bond acceptors (Lipinski definition) is 4. The number of rotatable bonds is 6. The standard InChI is InChI=1S/C14H17ClN2O3S/c1-3-16-9-13-8-14(10(2)20-13)21(18,19)17-12-6-4-5-11(15)7-12/h4-8,16-17H,3,9H2,1-2H3. The van der Waals surface area contributed by atoms with E-state index in [1.165, 1.54) is 6.07 Å². The summed E-state index contributed by atoms with van der Waals surface area (Å²) in [6.07, 6.45) is 0. The van der Waals surface area contributed by atoms with E-state index >= 15 is 0 Å². The van der Waals surface area contributed by atoms with Crippen LogP contribution in [0, 0.1) is 6.92 Å². The summed E-state index contributed by atoms with van der Waals surface area (Å²) in [6.45, 7) is 4.86. The maximum Gasteiger partial charge on any atom is 0.265 e. The summed E-state index contributed by atoms with van der Waals surface area (Å²) < 4.78 is 32.7. The van der Waals surface area contributed by atoms with Crippen LogP contribution in [0.5, 0.6) is 0 Å². The van der Waals surface area contributed by atoms with Gasteiger partial charge in [0.25, 0.3) is 10.0 Å². The molecule has 0 unspecified atom stereocenters. The van der Waals surface area contributed by atoms with Gasteiger partial charge in [-0.25, -0.2) is 8.42 Å². The lowest BCUT2D eigenvalue weighted by Gasteiger charge is -2.07. The van der Waals surface area contributed by atoms with Crippen molar-refractivity contribution in [2.75, 3.05) is 11.3 Å². The Kier molecular flexibility index (Phi) is 4.92. The quantitative estimate of drug-likeness (QED) is 0.854. The van der Waals surface area contributed by atoms with Crippen molar-refractivity contribution < 1.29 is 12.8 Å². The van der Waals surface area contributed by atoms with E-state index < -0.39 is 10.0 Å². The van der Waals surface area contributed by atoms with Gasteiger partial charge in [-0.1, -0.05) is 24.6 Å². The predicted octanol–water partition coefficient (Wildman–Crippen LogP) is 3.15. The van der Waals surface area contributed by atoms with Crippen molar-refractivity contribution in [1.29, 1.82) is 0 Å². The number of benzene rings is 1. The highest BCUT2D eigenvalue weighted by Crippen LogP contribution is 2.24. The molecule has 0 fully saturated rings. The van der Waals surface area contributed by atoms with Crippen molar-refractivity contribution in [3.63, 3.8) is 0 Å². The van der Waals surface area contributed by atoms with Crippen LogP contribution in [0.1, 0.15) is 18.4 Å². The molecule has 5 nitrogen and oxygen atoms in total. The van der Waals surface area contributed by atoms with Gasteiger partial charge in [0.2, 0.25) is 0 Å².